The first-order chi connectivity index (χ1) is 10.2. The zero-order chi connectivity index (χ0) is 14.7. The van der Waals surface area contributed by atoms with E-state index in [1.54, 1.807) is 12.1 Å². The molecule has 3 heteroatoms. The molecule has 0 atom stereocenters. The predicted molar refractivity (Wildman–Crippen MR) is 86.2 cm³/mol. The lowest BCUT2D eigenvalue weighted by Crippen LogP contribution is -2.11. The normalized spacial score (nSPS) is 10.5. The maximum Gasteiger partial charge on any atom is 0.248 e. The van der Waals surface area contributed by atoms with Gasteiger partial charge in [0.1, 0.15) is 0 Å². The Balaban J connectivity index is 1.77. The van der Waals surface area contributed by atoms with E-state index in [1.807, 2.05) is 24.3 Å². The standard InChI is InChI=1S/C18H16N2O/c19-18(21)16-6-3-7-17(11-16)20-12-13-8-9-14-4-1-2-5-15(14)10-13/h1-11,20H,12H2,(H2,19,21). The van der Waals surface area contributed by atoms with Gasteiger partial charge in [0.15, 0.2) is 0 Å². The van der Waals surface area contributed by atoms with Crippen LogP contribution in [0.4, 0.5) is 5.69 Å². The van der Waals surface area contributed by atoms with Crippen molar-refractivity contribution in [2.75, 3.05) is 5.32 Å². The van der Waals surface area contributed by atoms with Crippen LogP contribution in [0.1, 0.15) is 15.9 Å². The number of carbonyl (C=O) groups is 1. The molecular formula is C18H16N2O. The van der Waals surface area contributed by atoms with E-state index >= 15 is 0 Å². The minimum atomic E-state index is -0.413. The van der Waals surface area contributed by atoms with Gasteiger partial charge in [0.05, 0.1) is 0 Å². The molecule has 3 N–H and O–H groups in total. The van der Waals surface area contributed by atoms with Gasteiger partial charge in [0.25, 0.3) is 0 Å². The molecule has 3 nitrogen and oxygen atoms in total. The molecule has 1 amide bonds. The number of hydrogen-bond donors (Lipinski definition) is 2. The summed E-state index contributed by atoms with van der Waals surface area (Å²) in [6.45, 7) is 0.701. The number of primary amides is 1. The van der Waals surface area contributed by atoms with Crippen molar-refractivity contribution in [2.45, 2.75) is 6.54 Å². The monoisotopic (exact) mass is 276 g/mol. The van der Waals surface area contributed by atoms with Crippen molar-refractivity contribution < 1.29 is 4.79 Å². The lowest BCUT2D eigenvalue weighted by Gasteiger charge is -2.08. The topological polar surface area (TPSA) is 55.1 Å². The van der Waals surface area contributed by atoms with E-state index in [4.69, 9.17) is 5.73 Å². The Morgan fingerprint density at radius 1 is 0.905 bits per heavy atom. The van der Waals surface area contributed by atoms with E-state index in [2.05, 4.69) is 35.6 Å². The van der Waals surface area contributed by atoms with E-state index in [1.165, 1.54) is 16.3 Å². The van der Waals surface area contributed by atoms with Crippen molar-refractivity contribution >= 4 is 22.4 Å². The fraction of sp³-hybridized carbons (Fsp3) is 0.0556. The predicted octanol–water partition coefficient (Wildman–Crippen LogP) is 3.55. The Morgan fingerprint density at radius 3 is 2.52 bits per heavy atom. The summed E-state index contributed by atoms with van der Waals surface area (Å²) in [5.41, 5.74) is 7.88. The Morgan fingerprint density at radius 2 is 1.71 bits per heavy atom. The van der Waals surface area contributed by atoms with E-state index in [0.29, 0.717) is 12.1 Å². The molecule has 0 spiro atoms. The molecule has 0 aliphatic heterocycles. The van der Waals surface area contributed by atoms with Gasteiger partial charge in [0.2, 0.25) is 5.91 Å². The highest BCUT2D eigenvalue weighted by Crippen LogP contribution is 2.17. The quantitative estimate of drug-likeness (QED) is 0.765. The molecule has 3 aromatic carbocycles. The second kappa shape index (κ2) is 5.67. The molecule has 3 aromatic rings. The van der Waals surface area contributed by atoms with Crippen LogP contribution >= 0.6 is 0 Å². The molecule has 0 radical (unpaired) electrons. The van der Waals surface area contributed by atoms with Crippen LogP contribution in [0.5, 0.6) is 0 Å². The van der Waals surface area contributed by atoms with Gasteiger partial charge < -0.3 is 11.1 Å². The maximum atomic E-state index is 11.2. The molecule has 0 fully saturated rings. The Kier molecular flexibility index (Phi) is 3.56. The minimum Gasteiger partial charge on any atom is -0.381 e. The Hall–Kier alpha value is -2.81. The van der Waals surface area contributed by atoms with Gasteiger partial charge in [-0.3, -0.25) is 4.79 Å². The summed E-state index contributed by atoms with van der Waals surface area (Å²) in [5, 5.41) is 5.77. The third-order valence-electron chi connectivity index (χ3n) is 3.46. The number of carbonyl (C=O) groups excluding carboxylic acids is 1. The second-order valence-corrected chi connectivity index (χ2v) is 4.98. The average Bonchev–Trinajstić information content (AvgIpc) is 2.53. The summed E-state index contributed by atoms with van der Waals surface area (Å²) in [7, 11) is 0. The number of fused-ring (bicyclic) bond motifs is 1. The zero-order valence-corrected chi connectivity index (χ0v) is 11.5. The van der Waals surface area contributed by atoms with Crippen LogP contribution in [0.15, 0.2) is 66.7 Å². The Bertz CT molecular complexity index is 796. The van der Waals surface area contributed by atoms with Crippen molar-refractivity contribution in [3.8, 4) is 0 Å². The molecule has 21 heavy (non-hydrogen) atoms. The molecule has 0 aromatic heterocycles. The minimum absolute atomic E-state index is 0.413. The second-order valence-electron chi connectivity index (χ2n) is 4.98. The molecule has 0 saturated carbocycles. The van der Waals surface area contributed by atoms with Crippen molar-refractivity contribution in [1.82, 2.24) is 0 Å². The number of hydrogen-bond acceptors (Lipinski definition) is 2. The van der Waals surface area contributed by atoms with Gasteiger partial charge in [-0.05, 0) is 40.6 Å². The smallest absolute Gasteiger partial charge is 0.248 e. The van der Waals surface area contributed by atoms with Crippen LogP contribution < -0.4 is 11.1 Å². The third-order valence-corrected chi connectivity index (χ3v) is 3.46. The highest BCUT2D eigenvalue weighted by Gasteiger charge is 2.01. The Labute approximate surface area is 123 Å². The van der Waals surface area contributed by atoms with Crippen LogP contribution in [-0.4, -0.2) is 5.91 Å². The van der Waals surface area contributed by atoms with Crippen molar-refractivity contribution in [3.05, 3.63) is 77.9 Å². The lowest BCUT2D eigenvalue weighted by atomic mass is 10.1. The molecule has 104 valence electrons. The summed E-state index contributed by atoms with van der Waals surface area (Å²) in [6.07, 6.45) is 0. The van der Waals surface area contributed by atoms with Crippen molar-refractivity contribution in [1.29, 1.82) is 0 Å². The fourth-order valence-corrected chi connectivity index (χ4v) is 2.34. The van der Waals surface area contributed by atoms with Gasteiger partial charge >= 0.3 is 0 Å². The number of benzene rings is 3. The number of amides is 1. The summed E-state index contributed by atoms with van der Waals surface area (Å²) < 4.78 is 0. The van der Waals surface area contributed by atoms with Gasteiger partial charge in [-0.25, -0.2) is 0 Å². The first kappa shape index (κ1) is 13.2. The van der Waals surface area contributed by atoms with Crippen molar-refractivity contribution in [2.24, 2.45) is 5.73 Å². The van der Waals surface area contributed by atoms with Gasteiger partial charge in [-0.1, -0.05) is 42.5 Å². The fourth-order valence-electron chi connectivity index (χ4n) is 2.34. The van der Waals surface area contributed by atoms with Gasteiger partial charge in [0, 0.05) is 17.8 Å². The van der Waals surface area contributed by atoms with Crippen LogP contribution in [0.2, 0.25) is 0 Å². The third kappa shape index (κ3) is 3.03. The largest absolute Gasteiger partial charge is 0.381 e. The van der Waals surface area contributed by atoms with Crippen LogP contribution in [0, 0.1) is 0 Å². The maximum absolute atomic E-state index is 11.2. The molecule has 0 saturated heterocycles. The summed E-state index contributed by atoms with van der Waals surface area (Å²) >= 11 is 0. The first-order valence-corrected chi connectivity index (χ1v) is 6.84. The number of anilines is 1. The molecule has 3 rings (SSSR count). The zero-order valence-electron chi connectivity index (χ0n) is 11.5. The molecule has 0 heterocycles. The number of nitrogens with one attached hydrogen (secondary N) is 1. The summed E-state index contributed by atoms with van der Waals surface area (Å²) in [5.74, 6) is -0.413. The van der Waals surface area contributed by atoms with Crippen LogP contribution in [-0.2, 0) is 6.54 Å². The van der Waals surface area contributed by atoms with Crippen LogP contribution in [0.25, 0.3) is 10.8 Å². The van der Waals surface area contributed by atoms with E-state index in [-0.39, 0.29) is 0 Å². The molecule has 0 aliphatic rings. The summed E-state index contributed by atoms with van der Waals surface area (Å²) in [6, 6.07) is 21.9. The summed E-state index contributed by atoms with van der Waals surface area (Å²) in [4.78, 5) is 11.2. The van der Waals surface area contributed by atoms with Gasteiger partial charge in [-0.2, -0.15) is 0 Å². The lowest BCUT2D eigenvalue weighted by molar-refractivity contribution is 0.100. The molecule has 0 aliphatic carbocycles. The van der Waals surface area contributed by atoms with Gasteiger partial charge in [-0.15, -0.1) is 0 Å². The molecule has 0 bridgehead atoms. The molecular weight excluding hydrogens is 260 g/mol. The van der Waals surface area contributed by atoms with E-state index in [9.17, 15) is 4.79 Å². The average molecular weight is 276 g/mol. The highest BCUT2D eigenvalue weighted by atomic mass is 16.1. The highest BCUT2D eigenvalue weighted by molar-refractivity contribution is 5.93. The van der Waals surface area contributed by atoms with Crippen molar-refractivity contribution in [3.63, 3.8) is 0 Å². The van der Waals surface area contributed by atoms with E-state index < -0.39 is 5.91 Å². The van der Waals surface area contributed by atoms with E-state index in [0.717, 1.165) is 5.69 Å². The van der Waals surface area contributed by atoms with Crippen LogP contribution in [0.3, 0.4) is 0 Å². The first-order valence-electron chi connectivity index (χ1n) is 6.84. The SMILES string of the molecule is NC(=O)c1cccc(NCc2ccc3ccccc3c2)c1. The number of rotatable bonds is 4. The molecule has 0 unspecified atom stereocenters. The number of nitrogens with two attached hydrogens (primary N) is 1.